The number of anilines is 1. The number of imide groups is 1. The molecular weight excluding hydrogens is 414 g/mol. The van der Waals surface area contributed by atoms with Gasteiger partial charge in [0.15, 0.2) is 5.16 Å². The van der Waals surface area contributed by atoms with Crippen molar-refractivity contribution < 1.29 is 14.4 Å². The Bertz CT molecular complexity index is 995. The van der Waals surface area contributed by atoms with Crippen LogP contribution in [0.5, 0.6) is 0 Å². The second-order valence-electron chi connectivity index (χ2n) is 6.93. The lowest BCUT2D eigenvalue weighted by atomic mass is 9.85. The van der Waals surface area contributed by atoms with Gasteiger partial charge >= 0.3 is 0 Å². The fourth-order valence-electron chi connectivity index (χ4n) is 3.51. The van der Waals surface area contributed by atoms with Crippen molar-refractivity contribution in [2.24, 2.45) is 18.9 Å². The van der Waals surface area contributed by atoms with Crippen molar-refractivity contribution in [3.8, 4) is 0 Å². The van der Waals surface area contributed by atoms with Crippen LogP contribution in [-0.2, 0) is 21.4 Å². The van der Waals surface area contributed by atoms with Crippen LogP contribution in [0, 0.1) is 11.8 Å². The van der Waals surface area contributed by atoms with Gasteiger partial charge in [0.25, 0.3) is 0 Å². The summed E-state index contributed by atoms with van der Waals surface area (Å²) in [4.78, 5) is 39.5. The van der Waals surface area contributed by atoms with E-state index in [1.807, 2.05) is 19.2 Å². The number of hydrogen-bond donors (Lipinski definition) is 1. The largest absolute Gasteiger partial charge is 0.323 e. The Morgan fingerprint density at radius 3 is 2.55 bits per heavy atom. The Morgan fingerprint density at radius 2 is 1.93 bits per heavy atom. The Kier molecular flexibility index (Phi) is 5.42. The third-order valence-corrected chi connectivity index (χ3v) is 6.35. The minimum atomic E-state index is -0.458. The highest BCUT2D eigenvalue weighted by molar-refractivity contribution is 7.99. The molecule has 1 fully saturated rings. The zero-order chi connectivity index (χ0) is 20.5. The van der Waals surface area contributed by atoms with Crippen LogP contribution in [0.25, 0.3) is 0 Å². The minimum absolute atomic E-state index is 0.278. The summed E-state index contributed by atoms with van der Waals surface area (Å²) in [5.74, 6) is -1.72. The van der Waals surface area contributed by atoms with E-state index in [1.54, 1.807) is 29.1 Å². The summed E-state index contributed by atoms with van der Waals surface area (Å²) in [5, 5.41) is 11.7. The molecule has 2 heterocycles. The van der Waals surface area contributed by atoms with E-state index >= 15 is 0 Å². The number of carbonyl (C=O) groups is 3. The molecule has 29 heavy (non-hydrogen) atoms. The lowest BCUT2D eigenvalue weighted by Gasteiger charge is -2.16. The van der Waals surface area contributed by atoms with Crippen LogP contribution in [0.15, 0.2) is 46.7 Å². The van der Waals surface area contributed by atoms with Gasteiger partial charge in [-0.15, -0.1) is 10.2 Å². The van der Waals surface area contributed by atoms with Crippen molar-refractivity contribution in [2.75, 3.05) is 11.9 Å². The Balaban J connectivity index is 1.49. The van der Waals surface area contributed by atoms with Crippen molar-refractivity contribution in [1.82, 2.24) is 19.7 Å². The lowest BCUT2D eigenvalue weighted by Crippen LogP contribution is -2.38. The number of rotatable bonds is 5. The number of halogens is 1. The zero-order valence-electron chi connectivity index (χ0n) is 15.5. The van der Waals surface area contributed by atoms with Crippen molar-refractivity contribution in [3.05, 3.63) is 41.7 Å². The second kappa shape index (κ2) is 8.00. The standard InChI is InChI=1S/C19H18ClN5O3S/c1-24-10-21-23-19(24)29-15-7-6-11(20)8-14(15)22-16(26)9-25-17(27)12-4-2-3-5-13(12)18(25)28/h2-3,6-8,10,12-13H,4-5,9H2,1H3,(H,22,26). The van der Waals surface area contributed by atoms with Gasteiger partial charge in [-0.05, 0) is 42.8 Å². The average molecular weight is 432 g/mol. The number of likely N-dealkylation sites (tertiary alicyclic amines) is 1. The van der Waals surface area contributed by atoms with E-state index in [2.05, 4.69) is 15.5 Å². The summed E-state index contributed by atoms with van der Waals surface area (Å²) >= 11 is 7.41. The van der Waals surface area contributed by atoms with Gasteiger partial charge < -0.3 is 9.88 Å². The predicted molar refractivity (Wildman–Crippen MR) is 107 cm³/mol. The summed E-state index contributed by atoms with van der Waals surface area (Å²) in [6.45, 7) is -0.314. The van der Waals surface area contributed by atoms with Gasteiger partial charge in [0, 0.05) is 17.0 Å². The van der Waals surface area contributed by atoms with Gasteiger partial charge in [-0.2, -0.15) is 0 Å². The zero-order valence-corrected chi connectivity index (χ0v) is 17.1. The molecule has 0 radical (unpaired) electrons. The number of nitrogens with one attached hydrogen (secondary N) is 1. The molecule has 1 aliphatic heterocycles. The number of hydrogen-bond acceptors (Lipinski definition) is 6. The lowest BCUT2D eigenvalue weighted by molar-refractivity contribution is -0.142. The number of nitrogens with zero attached hydrogens (tertiary/aromatic N) is 4. The number of allylic oxidation sites excluding steroid dienone is 2. The normalized spacial score (nSPS) is 20.8. The van der Waals surface area contributed by atoms with Gasteiger partial charge in [0.1, 0.15) is 12.9 Å². The summed E-state index contributed by atoms with van der Waals surface area (Å²) in [5.41, 5.74) is 0.480. The Hall–Kier alpha value is -2.65. The molecule has 0 spiro atoms. The molecule has 4 rings (SSSR count). The number of aryl methyl sites for hydroxylation is 1. The highest BCUT2D eigenvalue weighted by Gasteiger charge is 2.47. The Labute approximate surface area is 176 Å². The molecule has 1 saturated heterocycles. The van der Waals surface area contributed by atoms with Crippen molar-refractivity contribution in [1.29, 1.82) is 0 Å². The van der Waals surface area contributed by atoms with Crippen LogP contribution in [-0.4, -0.2) is 43.9 Å². The molecule has 8 nitrogen and oxygen atoms in total. The SMILES string of the molecule is Cn1cnnc1Sc1ccc(Cl)cc1NC(=O)CN1C(=O)C2CC=CCC2C1=O. The molecule has 10 heteroatoms. The van der Waals surface area contributed by atoms with E-state index in [4.69, 9.17) is 11.6 Å². The molecule has 2 aliphatic rings. The van der Waals surface area contributed by atoms with E-state index < -0.39 is 5.91 Å². The topological polar surface area (TPSA) is 97.2 Å². The molecule has 1 N–H and O–H groups in total. The highest BCUT2D eigenvalue weighted by atomic mass is 35.5. The molecule has 2 unspecified atom stereocenters. The van der Waals surface area contributed by atoms with Crippen LogP contribution in [0.2, 0.25) is 5.02 Å². The number of aromatic nitrogens is 3. The maximum Gasteiger partial charge on any atom is 0.244 e. The highest BCUT2D eigenvalue weighted by Crippen LogP contribution is 2.36. The van der Waals surface area contributed by atoms with Gasteiger partial charge in [-0.25, -0.2) is 0 Å². The summed E-state index contributed by atoms with van der Waals surface area (Å²) in [6.07, 6.45) is 6.49. The molecule has 0 bridgehead atoms. The van der Waals surface area contributed by atoms with Gasteiger partial charge in [-0.3, -0.25) is 19.3 Å². The van der Waals surface area contributed by atoms with Gasteiger partial charge in [0.2, 0.25) is 17.7 Å². The molecule has 1 aromatic heterocycles. The predicted octanol–water partition coefficient (Wildman–Crippen LogP) is 2.51. The molecule has 0 saturated carbocycles. The first-order valence-corrected chi connectivity index (χ1v) is 10.2. The number of carbonyl (C=O) groups excluding carboxylic acids is 3. The minimum Gasteiger partial charge on any atom is -0.323 e. The third-order valence-electron chi connectivity index (χ3n) is 4.99. The van der Waals surface area contributed by atoms with Crippen LogP contribution >= 0.6 is 23.4 Å². The van der Waals surface area contributed by atoms with Gasteiger partial charge in [-0.1, -0.05) is 23.8 Å². The first-order chi connectivity index (χ1) is 13.9. The fourth-order valence-corrected chi connectivity index (χ4v) is 4.51. The molecule has 2 atom stereocenters. The number of fused-ring (bicyclic) bond motifs is 1. The van der Waals surface area contributed by atoms with E-state index in [0.717, 1.165) is 9.80 Å². The summed E-state index contributed by atoms with van der Waals surface area (Å²) < 4.78 is 1.75. The molecule has 150 valence electrons. The molecule has 2 aromatic rings. The van der Waals surface area contributed by atoms with Crippen LogP contribution in [0.3, 0.4) is 0 Å². The first-order valence-electron chi connectivity index (χ1n) is 9.05. The fraction of sp³-hybridized carbons (Fsp3) is 0.316. The first kappa shape index (κ1) is 19.7. The van der Waals surface area contributed by atoms with Crippen molar-refractivity contribution in [2.45, 2.75) is 22.9 Å². The molecular formula is C19H18ClN5O3S. The van der Waals surface area contributed by atoms with Crippen molar-refractivity contribution >= 4 is 46.8 Å². The monoisotopic (exact) mass is 431 g/mol. The average Bonchev–Trinajstić information content (AvgIpc) is 3.21. The van der Waals surface area contributed by atoms with Crippen LogP contribution in [0.1, 0.15) is 12.8 Å². The smallest absolute Gasteiger partial charge is 0.244 e. The number of amides is 3. The van der Waals surface area contributed by atoms with E-state index in [9.17, 15) is 14.4 Å². The third kappa shape index (κ3) is 3.92. The number of benzene rings is 1. The quantitative estimate of drug-likeness (QED) is 0.577. The van der Waals surface area contributed by atoms with Crippen LogP contribution in [0.4, 0.5) is 5.69 Å². The molecule has 1 aliphatic carbocycles. The molecule has 3 amide bonds. The Morgan fingerprint density at radius 1 is 1.24 bits per heavy atom. The molecule has 1 aromatic carbocycles. The maximum absolute atomic E-state index is 12.6. The van der Waals surface area contributed by atoms with Crippen LogP contribution < -0.4 is 5.32 Å². The maximum atomic E-state index is 12.6. The van der Waals surface area contributed by atoms with Crippen molar-refractivity contribution in [3.63, 3.8) is 0 Å². The second-order valence-corrected chi connectivity index (χ2v) is 8.38. The summed E-state index contributed by atoms with van der Waals surface area (Å²) in [6, 6.07) is 5.10. The summed E-state index contributed by atoms with van der Waals surface area (Å²) in [7, 11) is 1.81. The van der Waals surface area contributed by atoms with E-state index in [-0.39, 0.29) is 30.2 Å². The van der Waals surface area contributed by atoms with E-state index in [0.29, 0.717) is 28.7 Å². The van der Waals surface area contributed by atoms with E-state index in [1.165, 1.54) is 11.8 Å². The van der Waals surface area contributed by atoms with Gasteiger partial charge in [0.05, 0.1) is 17.5 Å².